The molecule has 0 unspecified atom stereocenters. The Kier molecular flexibility index (Phi) is 5.94. The molecule has 0 aliphatic heterocycles. The lowest BCUT2D eigenvalue weighted by atomic mass is 10.1. The second kappa shape index (κ2) is 7.29. The fourth-order valence-corrected chi connectivity index (χ4v) is 1.47. The maximum Gasteiger partial charge on any atom is 0.122 e. The molecule has 0 saturated carbocycles. The van der Waals surface area contributed by atoms with Gasteiger partial charge in [0.1, 0.15) is 12.4 Å². The standard InChI is InChI=1S/C14H23NO/c1-12(2)8-9-15-10-11-16-14-7-5-4-6-13(14)3/h4-7,12,15H,8-11H2,1-3H3. The second-order valence-corrected chi connectivity index (χ2v) is 4.55. The third-order valence-electron chi connectivity index (χ3n) is 2.53. The number of hydrogen-bond acceptors (Lipinski definition) is 2. The van der Waals surface area contributed by atoms with Crippen LogP contribution >= 0.6 is 0 Å². The van der Waals surface area contributed by atoms with Gasteiger partial charge in [0.05, 0.1) is 0 Å². The number of aryl methyl sites for hydroxylation is 1. The van der Waals surface area contributed by atoms with Crippen LogP contribution in [-0.2, 0) is 0 Å². The van der Waals surface area contributed by atoms with Crippen LogP contribution < -0.4 is 10.1 Å². The Morgan fingerprint density at radius 1 is 1.19 bits per heavy atom. The zero-order valence-electron chi connectivity index (χ0n) is 10.6. The van der Waals surface area contributed by atoms with Crippen LogP contribution in [0.3, 0.4) is 0 Å². The Morgan fingerprint density at radius 3 is 2.62 bits per heavy atom. The van der Waals surface area contributed by atoms with E-state index in [1.54, 1.807) is 0 Å². The third-order valence-corrected chi connectivity index (χ3v) is 2.53. The monoisotopic (exact) mass is 221 g/mol. The molecule has 2 heteroatoms. The molecular weight excluding hydrogens is 198 g/mol. The number of ether oxygens (including phenoxy) is 1. The van der Waals surface area contributed by atoms with E-state index in [4.69, 9.17) is 4.74 Å². The average Bonchev–Trinajstić information content (AvgIpc) is 2.25. The molecule has 0 aliphatic rings. The Hall–Kier alpha value is -1.02. The molecule has 1 aromatic carbocycles. The van der Waals surface area contributed by atoms with Crippen molar-refractivity contribution >= 4 is 0 Å². The van der Waals surface area contributed by atoms with Gasteiger partial charge in [-0.1, -0.05) is 32.0 Å². The molecule has 1 N–H and O–H groups in total. The van der Waals surface area contributed by atoms with Crippen LogP contribution in [-0.4, -0.2) is 19.7 Å². The zero-order valence-corrected chi connectivity index (χ0v) is 10.6. The van der Waals surface area contributed by atoms with Crippen molar-refractivity contribution in [1.82, 2.24) is 5.32 Å². The summed E-state index contributed by atoms with van der Waals surface area (Å²) < 4.78 is 5.68. The van der Waals surface area contributed by atoms with Crippen LogP contribution in [0.1, 0.15) is 25.8 Å². The predicted molar refractivity (Wildman–Crippen MR) is 69.0 cm³/mol. The minimum atomic E-state index is 0.739. The number of hydrogen-bond donors (Lipinski definition) is 1. The van der Waals surface area contributed by atoms with Crippen LogP contribution in [0, 0.1) is 12.8 Å². The van der Waals surface area contributed by atoms with Crippen molar-refractivity contribution in [2.24, 2.45) is 5.92 Å². The lowest BCUT2D eigenvalue weighted by molar-refractivity contribution is 0.310. The summed E-state index contributed by atoms with van der Waals surface area (Å²) in [5, 5.41) is 3.38. The van der Waals surface area contributed by atoms with Gasteiger partial charge in [-0.2, -0.15) is 0 Å². The smallest absolute Gasteiger partial charge is 0.122 e. The van der Waals surface area contributed by atoms with Gasteiger partial charge in [0.25, 0.3) is 0 Å². The van der Waals surface area contributed by atoms with E-state index in [0.717, 1.165) is 31.4 Å². The van der Waals surface area contributed by atoms with Crippen LogP contribution in [0.2, 0.25) is 0 Å². The number of benzene rings is 1. The molecule has 0 fully saturated rings. The van der Waals surface area contributed by atoms with Crippen LogP contribution in [0.25, 0.3) is 0 Å². The maximum atomic E-state index is 5.68. The molecule has 0 atom stereocenters. The van der Waals surface area contributed by atoms with Crippen molar-refractivity contribution in [2.75, 3.05) is 19.7 Å². The quantitative estimate of drug-likeness (QED) is 0.715. The van der Waals surface area contributed by atoms with Gasteiger partial charge in [-0.15, -0.1) is 0 Å². The fraction of sp³-hybridized carbons (Fsp3) is 0.571. The molecule has 1 aromatic rings. The summed E-state index contributed by atoms with van der Waals surface area (Å²) in [6, 6.07) is 8.13. The van der Waals surface area contributed by atoms with E-state index in [9.17, 15) is 0 Å². The highest BCUT2D eigenvalue weighted by Crippen LogP contribution is 2.15. The number of para-hydroxylation sites is 1. The summed E-state index contributed by atoms with van der Waals surface area (Å²) in [7, 11) is 0. The first-order valence-electron chi connectivity index (χ1n) is 6.09. The van der Waals surface area contributed by atoms with E-state index >= 15 is 0 Å². The molecule has 90 valence electrons. The molecule has 1 rings (SSSR count). The van der Waals surface area contributed by atoms with E-state index in [1.165, 1.54) is 12.0 Å². The minimum absolute atomic E-state index is 0.739. The van der Waals surface area contributed by atoms with Gasteiger partial charge in [-0.25, -0.2) is 0 Å². The Bertz CT molecular complexity index is 297. The third kappa shape index (κ3) is 5.17. The summed E-state index contributed by atoms with van der Waals surface area (Å²) in [4.78, 5) is 0. The van der Waals surface area contributed by atoms with E-state index in [2.05, 4.69) is 32.2 Å². The van der Waals surface area contributed by atoms with Gasteiger partial charge in [0.2, 0.25) is 0 Å². The normalized spacial score (nSPS) is 10.8. The molecule has 0 spiro atoms. The van der Waals surface area contributed by atoms with Gasteiger partial charge in [0.15, 0.2) is 0 Å². The first-order chi connectivity index (χ1) is 7.70. The van der Waals surface area contributed by atoms with Gasteiger partial charge in [-0.05, 0) is 37.4 Å². The van der Waals surface area contributed by atoms with Gasteiger partial charge >= 0.3 is 0 Å². The zero-order chi connectivity index (χ0) is 11.8. The van der Waals surface area contributed by atoms with Crippen molar-refractivity contribution in [3.05, 3.63) is 29.8 Å². The van der Waals surface area contributed by atoms with Crippen LogP contribution in [0.5, 0.6) is 5.75 Å². The Balaban J connectivity index is 2.10. The van der Waals surface area contributed by atoms with E-state index < -0.39 is 0 Å². The molecular formula is C14H23NO. The molecule has 0 amide bonds. The summed E-state index contributed by atoms with van der Waals surface area (Å²) in [6.07, 6.45) is 1.23. The van der Waals surface area contributed by atoms with Crippen molar-refractivity contribution in [3.8, 4) is 5.75 Å². The SMILES string of the molecule is Cc1ccccc1OCCNCCC(C)C. The number of nitrogens with one attached hydrogen (secondary N) is 1. The van der Waals surface area contributed by atoms with E-state index in [1.807, 2.05) is 18.2 Å². The number of rotatable bonds is 7. The molecule has 0 saturated heterocycles. The van der Waals surface area contributed by atoms with Crippen molar-refractivity contribution < 1.29 is 4.74 Å². The van der Waals surface area contributed by atoms with E-state index in [-0.39, 0.29) is 0 Å². The van der Waals surface area contributed by atoms with E-state index in [0.29, 0.717) is 0 Å². The van der Waals surface area contributed by atoms with Crippen molar-refractivity contribution in [2.45, 2.75) is 27.2 Å². The lowest BCUT2D eigenvalue weighted by Crippen LogP contribution is -2.23. The predicted octanol–water partition coefficient (Wildman–Crippen LogP) is 3.01. The second-order valence-electron chi connectivity index (χ2n) is 4.55. The van der Waals surface area contributed by atoms with Crippen LogP contribution in [0.4, 0.5) is 0 Å². The highest BCUT2D eigenvalue weighted by atomic mass is 16.5. The Labute approximate surface area is 99.0 Å². The highest BCUT2D eigenvalue weighted by molar-refractivity contribution is 5.31. The molecule has 0 aliphatic carbocycles. The Morgan fingerprint density at radius 2 is 1.94 bits per heavy atom. The first kappa shape index (κ1) is 13.0. The largest absolute Gasteiger partial charge is 0.492 e. The first-order valence-corrected chi connectivity index (χ1v) is 6.09. The molecule has 2 nitrogen and oxygen atoms in total. The molecule has 0 bridgehead atoms. The van der Waals surface area contributed by atoms with Crippen molar-refractivity contribution in [3.63, 3.8) is 0 Å². The summed E-state index contributed by atoms with van der Waals surface area (Å²) in [5.41, 5.74) is 1.20. The molecule has 0 radical (unpaired) electrons. The fourth-order valence-electron chi connectivity index (χ4n) is 1.47. The summed E-state index contributed by atoms with van der Waals surface area (Å²) >= 11 is 0. The van der Waals surface area contributed by atoms with Gasteiger partial charge < -0.3 is 10.1 Å². The highest BCUT2D eigenvalue weighted by Gasteiger charge is 1.97. The lowest BCUT2D eigenvalue weighted by Gasteiger charge is -2.10. The van der Waals surface area contributed by atoms with Crippen molar-refractivity contribution in [1.29, 1.82) is 0 Å². The maximum absolute atomic E-state index is 5.68. The van der Waals surface area contributed by atoms with Crippen LogP contribution in [0.15, 0.2) is 24.3 Å². The van der Waals surface area contributed by atoms with Gasteiger partial charge in [-0.3, -0.25) is 0 Å². The molecule has 0 aromatic heterocycles. The molecule has 16 heavy (non-hydrogen) atoms. The van der Waals surface area contributed by atoms with Gasteiger partial charge in [0, 0.05) is 6.54 Å². The summed E-state index contributed by atoms with van der Waals surface area (Å²) in [6.45, 7) is 9.29. The minimum Gasteiger partial charge on any atom is -0.492 e. The molecule has 0 heterocycles. The topological polar surface area (TPSA) is 21.3 Å². The average molecular weight is 221 g/mol. The summed E-state index contributed by atoms with van der Waals surface area (Å²) in [5.74, 6) is 1.76.